The molecule has 0 saturated carbocycles. The first-order valence-corrected chi connectivity index (χ1v) is 12.3. The van der Waals surface area contributed by atoms with E-state index in [4.69, 9.17) is 0 Å². The van der Waals surface area contributed by atoms with Crippen LogP contribution in [0.25, 0.3) is 21.8 Å². The molecule has 8 heteroatoms. The summed E-state index contributed by atoms with van der Waals surface area (Å²) in [7, 11) is 0. The molecule has 5 nitrogen and oxygen atoms in total. The number of carbonyl (C=O) groups excluding carboxylic acids is 2. The average molecular weight is 536 g/mol. The highest BCUT2D eigenvalue weighted by Crippen LogP contribution is 2.34. The van der Waals surface area contributed by atoms with Crippen LogP contribution >= 0.6 is 27.3 Å². The minimum Gasteiger partial charge on any atom is -0.325 e. The SMILES string of the molecule is O=C(Nc1ccccc1-c1csc(-c2ccccc2F)n1)C1CC(=O)N(c2cccc(Br)c2)C1. The first-order chi connectivity index (χ1) is 16.5. The Bertz CT molecular complexity index is 1390. The molecule has 0 radical (unpaired) electrons. The minimum absolute atomic E-state index is 0.0828. The topological polar surface area (TPSA) is 62.3 Å². The van der Waals surface area contributed by atoms with Gasteiger partial charge in [-0.25, -0.2) is 9.37 Å². The zero-order chi connectivity index (χ0) is 23.7. The number of anilines is 2. The summed E-state index contributed by atoms with van der Waals surface area (Å²) < 4.78 is 15.1. The maximum atomic E-state index is 14.2. The van der Waals surface area contributed by atoms with Crippen molar-refractivity contribution in [1.82, 2.24) is 4.98 Å². The molecule has 4 aromatic rings. The molecule has 0 bridgehead atoms. The van der Waals surface area contributed by atoms with Crippen molar-refractivity contribution in [2.45, 2.75) is 6.42 Å². The maximum absolute atomic E-state index is 14.2. The third-order valence-corrected chi connectivity index (χ3v) is 7.05. The van der Waals surface area contributed by atoms with Crippen molar-refractivity contribution in [3.63, 3.8) is 0 Å². The zero-order valence-corrected chi connectivity index (χ0v) is 20.3. The minimum atomic E-state index is -0.469. The van der Waals surface area contributed by atoms with E-state index < -0.39 is 5.92 Å². The molecule has 1 unspecified atom stereocenters. The van der Waals surface area contributed by atoms with E-state index in [-0.39, 0.29) is 24.1 Å². The number of hydrogen-bond donors (Lipinski definition) is 1. The zero-order valence-electron chi connectivity index (χ0n) is 17.9. The fraction of sp³-hybridized carbons (Fsp3) is 0.115. The summed E-state index contributed by atoms with van der Waals surface area (Å²) in [4.78, 5) is 31.9. The van der Waals surface area contributed by atoms with Crippen molar-refractivity contribution in [2.24, 2.45) is 5.92 Å². The molecule has 0 spiro atoms. The van der Waals surface area contributed by atoms with Gasteiger partial charge in [-0.15, -0.1) is 11.3 Å². The Balaban J connectivity index is 1.35. The number of aromatic nitrogens is 1. The fourth-order valence-electron chi connectivity index (χ4n) is 3.98. The number of amides is 2. The number of para-hydroxylation sites is 1. The van der Waals surface area contributed by atoms with Crippen molar-refractivity contribution in [3.8, 4) is 21.8 Å². The Morgan fingerprint density at radius 1 is 1.06 bits per heavy atom. The number of carbonyl (C=O) groups is 2. The van der Waals surface area contributed by atoms with Crippen LogP contribution < -0.4 is 10.2 Å². The number of rotatable bonds is 5. The van der Waals surface area contributed by atoms with Crippen LogP contribution in [0.5, 0.6) is 0 Å². The molecular weight excluding hydrogens is 517 g/mol. The Kier molecular flexibility index (Phi) is 6.26. The van der Waals surface area contributed by atoms with Crippen LogP contribution in [0.15, 0.2) is 82.6 Å². The maximum Gasteiger partial charge on any atom is 0.229 e. The first kappa shape index (κ1) is 22.4. The van der Waals surface area contributed by atoms with Crippen LogP contribution in [0.3, 0.4) is 0 Å². The largest absolute Gasteiger partial charge is 0.325 e. The van der Waals surface area contributed by atoms with Gasteiger partial charge in [0.15, 0.2) is 0 Å². The van der Waals surface area contributed by atoms with Crippen LogP contribution in [0.4, 0.5) is 15.8 Å². The highest BCUT2D eigenvalue weighted by atomic mass is 79.9. The van der Waals surface area contributed by atoms with Gasteiger partial charge < -0.3 is 10.2 Å². The summed E-state index contributed by atoms with van der Waals surface area (Å²) in [5, 5.41) is 5.40. The molecule has 1 N–H and O–H groups in total. The van der Waals surface area contributed by atoms with Gasteiger partial charge in [0, 0.05) is 39.6 Å². The van der Waals surface area contributed by atoms with Gasteiger partial charge in [-0.05, 0) is 36.4 Å². The van der Waals surface area contributed by atoms with E-state index in [0.29, 0.717) is 28.5 Å². The molecule has 0 aliphatic carbocycles. The fourth-order valence-corrected chi connectivity index (χ4v) is 5.22. The van der Waals surface area contributed by atoms with Crippen molar-refractivity contribution in [3.05, 3.63) is 88.5 Å². The lowest BCUT2D eigenvalue weighted by Gasteiger charge is -2.17. The molecule has 1 aromatic heterocycles. The first-order valence-electron chi connectivity index (χ1n) is 10.7. The summed E-state index contributed by atoms with van der Waals surface area (Å²) in [5.74, 6) is -1.10. The second-order valence-electron chi connectivity index (χ2n) is 7.94. The second-order valence-corrected chi connectivity index (χ2v) is 9.71. The van der Waals surface area contributed by atoms with Gasteiger partial charge in [0.25, 0.3) is 0 Å². The number of thiazole rings is 1. The van der Waals surface area contributed by atoms with Gasteiger partial charge >= 0.3 is 0 Å². The normalized spacial score (nSPS) is 15.5. The lowest BCUT2D eigenvalue weighted by Crippen LogP contribution is -2.28. The van der Waals surface area contributed by atoms with E-state index in [1.807, 2.05) is 47.8 Å². The molecule has 1 aliphatic rings. The van der Waals surface area contributed by atoms with E-state index in [9.17, 15) is 14.0 Å². The summed E-state index contributed by atoms with van der Waals surface area (Å²) in [6.45, 7) is 0.317. The molecule has 3 aromatic carbocycles. The molecule has 34 heavy (non-hydrogen) atoms. The molecule has 1 atom stereocenters. The quantitative estimate of drug-likeness (QED) is 0.323. The van der Waals surface area contributed by atoms with Crippen molar-refractivity contribution in [1.29, 1.82) is 0 Å². The van der Waals surface area contributed by atoms with Crippen LogP contribution in [-0.2, 0) is 9.59 Å². The summed E-state index contributed by atoms with van der Waals surface area (Å²) in [6, 6.07) is 21.3. The number of hydrogen-bond acceptors (Lipinski definition) is 4. The number of nitrogens with one attached hydrogen (secondary N) is 1. The third kappa shape index (κ3) is 4.51. The second kappa shape index (κ2) is 9.48. The number of halogens is 2. The summed E-state index contributed by atoms with van der Waals surface area (Å²) in [5.41, 5.74) is 3.20. The molecule has 2 heterocycles. The highest BCUT2D eigenvalue weighted by molar-refractivity contribution is 9.10. The van der Waals surface area contributed by atoms with Gasteiger partial charge in [0.05, 0.1) is 17.3 Å². The molecule has 2 amide bonds. The predicted octanol–water partition coefficient (Wildman–Crippen LogP) is 6.37. The standard InChI is InChI=1S/C26H19BrFN3O2S/c27-17-6-5-7-18(13-17)31-14-16(12-24(31)32)25(33)29-22-11-4-2-9-20(22)23-15-34-26(30-23)19-8-1-3-10-21(19)28/h1-11,13,15-16H,12,14H2,(H,29,33). The van der Waals surface area contributed by atoms with Crippen molar-refractivity contribution < 1.29 is 14.0 Å². The number of benzene rings is 3. The Labute approximate surface area is 208 Å². The lowest BCUT2D eigenvalue weighted by molar-refractivity contribution is -0.122. The van der Waals surface area contributed by atoms with Gasteiger partial charge in [-0.1, -0.05) is 52.3 Å². The lowest BCUT2D eigenvalue weighted by atomic mass is 10.1. The van der Waals surface area contributed by atoms with E-state index >= 15 is 0 Å². The predicted molar refractivity (Wildman–Crippen MR) is 136 cm³/mol. The summed E-state index contributed by atoms with van der Waals surface area (Å²) in [6.07, 6.45) is 0.147. The average Bonchev–Trinajstić information content (AvgIpc) is 3.47. The van der Waals surface area contributed by atoms with Crippen LogP contribution in [-0.4, -0.2) is 23.3 Å². The highest BCUT2D eigenvalue weighted by Gasteiger charge is 2.35. The van der Waals surface area contributed by atoms with Crippen LogP contribution in [0, 0.1) is 11.7 Å². The van der Waals surface area contributed by atoms with E-state index in [1.165, 1.54) is 17.4 Å². The van der Waals surface area contributed by atoms with Crippen molar-refractivity contribution >= 4 is 50.5 Å². The van der Waals surface area contributed by atoms with E-state index in [1.54, 1.807) is 29.2 Å². The van der Waals surface area contributed by atoms with E-state index in [2.05, 4.69) is 26.2 Å². The monoisotopic (exact) mass is 535 g/mol. The van der Waals surface area contributed by atoms with Crippen molar-refractivity contribution in [2.75, 3.05) is 16.8 Å². The molecule has 1 aliphatic heterocycles. The number of nitrogens with zero attached hydrogens (tertiary/aromatic N) is 2. The molecule has 1 fully saturated rings. The van der Waals surface area contributed by atoms with Gasteiger partial charge in [-0.2, -0.15) is 0 Å². The Morgan fingerprint density at radius 3 is 2.62 bits per heavy atom. The smallest absolute Gasteiger partial charge is 0.229 e. The summed E-state index contributed by atoms with van der Waals surface area (Å²) >= 11 is 4.77. The Hall–Kier alpha value is -3.36. The van der Waals surface area contributed by atoms with Gasteiger partial charge in [-0.3, -0.25) is 9.59 Å². The Morgan fingerprint density at radius 2 is 1.82 bits per heavy atom. The molecule has 1 saturated heterocycles. The molecule has 5 rings (SSSR count). The van der Waals surface area contributed by atoms with Crippen LogP contribution in [0.2, 0.25) is 0 Å². The van der Waals surface area contributed by atoms with Crippen LogP contribution in [0.1, 0.15) is 6.42 Å². The van der Waals surface area contributed by atoms with Gasteiger partial charge in [0.1, 0.15) is 10.8 Å². The third-order valence-electron chi connectivity index (χ3n) is 5.69. The van der Waals surface area contributed by atoms with Gasteiger partial charge in [0.2, 0.25) is 11.8 Å². The molecular formula is C26H19BrFN3O2S. The molecule has 170 valence electrons. The van der Waals surface area contributed by atoms with E-state index in [0.717, 1.165) is 15.7 Å².